The number of carbonyl (C=O) groups is 1. The number of piperidine rings is 1. The molecule has 1 fully saturated rings. The van der Waals surface area contributed by atoms with Gasteiger partial charge in [-0.1, -0.05) is 6.42 Å². The number of likely N-dealkylation sites (tertiary alicyclic amines) is 1. The van der Waals surface area contributed by atoms with Gasteiger partial charge in [0.05, 0.1) is 0 Å². The van der Waals surface area contributed by atoms with Crippen LogP contribution in [0.3, 0.4) is 0 Å². The highest BCUT2D eigenvalue weighted by Crippen LogP contribution is 2.19. The van der Waals surface area contributed by atoms with Crippen molar-refractivity contribution in [2.24, 2.45) is 0 Å². The minimum Gasteiger partial charge on any atom is -0.396 e. The molecule has 3 heteroatoms. The van der Waals surface area contributed by atoms with Gasteiger partial charge in [-0.3, -0.25) is 0 Å². The van der Waals surface area contributed by atoms with Gasteiger partial charge in [-0.15, -0.1) is 0 Å². The maximum Gasteiger partial charge on any atom is 0.129 e. The molecule has 0 saturated carbocycles. The summed E-state index contributed by atoms with van der Waals surface area (Å²) in [6, 6.07) is 0.552. The van der Waals surface area contributed by atoms with Crippen LogP contribution in [0.4, 0.5) is 0 Å². The first kappa shape index (κ1) is 12.7. The Labute approximate surface area is 92.5 Å². The molecule has 0 aliphatic carbocycles. The maximum atomic E-state index is 10.8. The van der Waals surface area contributed by atoms with Gasteiger partial charge in [-0.05, 0) is 45.7 Å². The molecule has 1 N–H and O–H groups in total. The Morgan fingerprint density at radius 3 is 2.93 bits per heavy atom. The summed E-state index contributed by atoms with van der Waals surface area (Å²) in [6.45, 7) is 4.10. The fourth-order valence-electron chi connectivity index (χ4n) is 2.36. The fourth-order valence-corrected chi connectivity index (χ4v) is 2.36. The Morgan fingerprint density at radius 2 is 2.27 bits per heavy atom. The Hall–Kier alpha value is -0.410. The number of hydrogen-bond donors (Lipinski definition) is 1. The van der Waals surface area contributed by atoms with E-state index in [2.05, 4.69) is 4.90 Å². The number of carbonyl (C=O) groups excluding carboxylic acids is 1. The summed E-state index contributed by atoms with van der Waals surface area (Å²) in [5.74, 6) is 0.283. The second-order valence-corrected chi connectivity index (χ2v) is 4.50. The minimum atomic E-state index is 0.283. The van der Waals surface area contributed by atoms with Gasteiger partial charge >= 0.3 is 0 Å². The van der Waals surface area contributed by atoms with Gasteiger partial charge in [0, 0.05) is 19.1 Å². The molecule has 1 unspecified atom stereocenters. The number of ketones is 1. The van der Waals surface area contributed by atoms with E-state index >= 15 is 0 Å². The van der Waals surface area contributed by atoms with Gasteiger partial charge in [0.1, 0.15) is 5.78 Å². The van der Waals surface area contributed by atoms with Crippen molar-refractivity contribution >= 4 is 5.78 Å². The largest absolute Gasteiger partial charge is 0.396 e. The molecule has 1 saturated heterocycles. The molecule has 1 aliphatic rings. The van der Waals surface area contributed by atoms with Gasteiger partial charge in [0.15, 0.2) is 0 Å². The van der Waals surface area contributed by atoms with Crippen LogP contribution in [-0.2, 0) is 4.79 Å². The third-order valence-electron chi connectivity index (χ3n) is 3.19. The average molecular weight is 213 g/mol. The van der Waals surface area contributed by atoms with E-state index < -0.39 is 0 Å². The van der Waals surface area contributed by atoms with E-state index in [1.165, 1.54) is 19.3 Å². The predicted octanol–water partition coefficient (Wildman–Crippen LogP) is 1.59. The highest BCUT2D eigenvalue weighted by atomic mass is 16.3. The quantitative estimate of drug-likeness (QED) is 0.728. The van der Waals surface area contributed by atoms with Crippen molar-refractivity contribution in [3.8, 4) is 0 Å². The van der Waals surface area contributed by atoms with E-state index in [9.17, 15) is 4.79 Å². The van der Waals surface area contributed by atoms with Gasteiger partial charge in [0.2, 0.25) is 0 Å². The summed E-state index contributed by atoms with van der Waals surface area (Å²) in [4.78, 5) is 13.3. The Bertz CT molecular complexity index is 192. The zero-order chi connectivity index (χ0) is 11.1. The van der Waals surface area contributed by atoms with Crippen molar-refractivity contribution in [3.63, 3.8) is 0 Å². The molecular weight excluding hydrogens is 190 g/mol. The normalized spacial score (nSPS) is 22.9. The molecule has 0 aromatic heterocycles. The third-order valence-corrected chi connectivity index (χ3v) is 3.19. The van der Waals surface area contributed by atoms with Gasteiger partial charge < -0.3 is 14.8 Å². The first-order valence-electron chi connectivity index (χ1n) is 6.08. The molecule has 1 heterocycles. The summed E-state index contributed by atoms with van der Waals surface area (Å²) in [7, 11) is 0. The summed E-state index contributed by atoms with van der Waals surface area (Å²) in [6.07, 6.45) is 6.32. The van der Waals surface area contributed by atoms with Gasteiger partial charge in [-0.2, -0.15) is 0 Å². The zero-order valence-electron chi connectivity index (χ0n) is 9.74. The van der Waals surface area contributed by atoms with E-state index in [0.717, 1.165) is 25.9 Å². The van der Waals surface area contributed by atoms with Crippen molar-refractivity contribution in [1.29, 1.82) is 0 Å². The minimum absolute atomic E-state index is 0.283. The molecule has 0 amide bonds. The summed E-state index contributed by atoms with van der Waals surface area (Å²) in [5, 5.41) is 8.97. The average Bonchev–Trinajstić information content (AvgIpc) is 2.20. The maximum absolute atomic E-state index is 10.8. The van der Waals surface area contributed by atoms with Crippen LogP contribution in [0.25, 0.3) is 0 Å². The van der Waals surface area contributed by atoms with Gasteiger partial charge in [-0.25, -0.2) is 0 Å². The number of aliphatic hydroxyl groups excluding tert-OH is 1. The molecule has 0 aromatic carbocycles. The van der Waals surface area contributed by atoms with Crippen LogP contribution in [0.2, 0.25) is 0 Å². The van der Waals surface area contributed by atoms with E-state index in [0.29, 0.717) is 12.5 Å². The second kappa shape index (κ2) is 6.96. The first-order valence-corrected chi connectivity index (χ1v) is 6.08. The third kappa shape index (κ3) is 4.76. The van der Waals surface area contributed by atoms with Crippen LogP contribution < -0.4 is 0 Å². The van der Waals surface area contributed by atoms with Crippen LogP contribution >= 0.6 is 0 Å². The second-order valence-electron chi connectivity index (χ2n) is 4.50. The smallest absolute Gasteiger partial charge is 0.129 e. The lowest BCUT2D eigenvalue weighted by molar-refractivity contribution is -0.117. The number of nitrogens with zero attached hydrogens (tertiary/aromatic N) is 1. The molecule has 0 radical (unpaired) electrons. The molecule has 3 nitrogen and oxygen atoms in total. The Balaban J connectivity index is 2.25. The molecule has 1 rings (SSSR count). The Kier molecular flexibility index (Phi) is 5.88. The summed E-state index contributed by atoms with van der Waals surface area (Å²) < 4.78 is 0. The van der Waals surface area contributed by atoms with Crippen LogP contribution in [0.1, 0.15) is 45.4 Å². The van der Waals surface area contributed by atoms with Crippen molar-refractivity contribution < 1.29 is 9.90 Å². The molecule has 0 spiro atoms. The lowest BCUT2D eigenvalue weighted by Gasteiger charge is -2.35. The molecular formula is C12H23NO2. The molecule has 15 heavy (non-hydrogen) atoms. The van der Waals surface area contributed by atoms with Crippen LogP contribution in [0, 0.1) is 0 Å². The topological polar surface area (TPSA) is 40.5 Å². The highest BCUT2D eigenvalue weighted by Gasteiger charge is 2.20. The van der Waals surface area contributed by atoms with Crippen molar-refractivity contribution in [2.75, 3.05) is 19.7 Å². The monoisotopic (exact) mass is 213 g/mol. The summed E-state index contributed by atoms with van der Waals surface area (Å²) >= 11 is 0. The Morgan fingerprint density at radius 1 is 1.47 bits per heavy atom. The van der Waals surface area contributed by atoms with Crippen LogP contribution in [0.5, 0.6) is 0 Å². The highest BCUT2D eigenvalue weighted by molar-refractivity contribution is 5.75. The van der Waals surface area contributed by atoms with Gasteiger partial charge in [0.25, 0.3) is 0 Å². The zero-order valence-corrected chi connectivity index (χ0v) is 9.74. The first-order chi connectivity index (χ1) is 7.24. The number of hydrogen-bond acceptors (Lipinski definition) is 3. The molecule has 0 bridgehead atoms. The molecule has 0 aromatic rings. The predicted molar refractivity (Wildman–Crippen MR) is 60.8 cm³/mol. The molecule has 88 valence electrons. The summed E-state index contributed by atoms with van der Waals surface area (Å²) in [5.41, 5.74) is 0. The number of rotatable bonds is 6. The fraction of sp³-hybridized carbons (Fsp3) is 0.917. The van der Waals surface area contributed by atoms with Crippen LogP contribution in [-0.4, -0.2) is 41.5 Å². The number of Topliss-reactive ketones (excluding diaryl/α,β-unsaturated/α-hetero) is 1. The van der Waals surface area contributed by atoms with Crippen molar-refractivity contribution in [2.45, 2.75) is 51.5 Å². The lowest BCUT2D eigenvalue weighted by atomic mass is 9.99. The van der Waals surface area contributed by atoms with E-state index in [1.807, 2.05) is 0 Å². The molecule has 1 atom stereocenters. The molecule has 1 aliphatic heterocycles. The standard InChI is InChI=1S/C12H23NO2/c1-11(15)5-4-9-13-8-3-2-6-12(13)7-10-14/h12,14H,2-10H2,1H3. The van der Waals surface area contributed by atoms with Crippen molar-refractivity contribution in [3.05, 3.63) is 0 Å². The van der Waals surface area contributed by atoms with Crippen molar-refractivity contribution in [1.82, 2.24) is 4.90 Å². The lowest BCUT2D eigenvalue weighted by Crippen LogP contribution is -2.40. The number of aliphatic hydroxyl groups is 1. The van der Waals surface area contributed by atoms with E-state index in [1.54, 1.807) is 6.92 Å². The SMILES string of the molecule is CC(=O)CCCN1CCCCC1CCO. The van der Waals surface area contributed by atoms with E-state index in [-0.39, 0.29) is 12.4 Å². The van der Waals surface area contributed by atoms with E-state index in [4.69, 9.17) is 5.11 Å². The van der Waals surface area contributed by atoms with Crippen LogP contribution in [0.15, 0.2) is 0 Å².